The molecule has 28 heavy (non-hydrogen) atoms. The van der Waals surface area contributed by atoms with Crippen LogP contribution < -0.4 is 4.80 Å². The molecule has 3 rings (SSSR count). The Morgan fingerprint density at radius 3 is 2.71 bits per heavy atom. The van der Waals surface area contributed by atoms with Gasteiger partial charge in [0, 0.05) is 23.6 Å². The summed E-state index contributed by atoms with van der Waals surface area (Å²) in [4.78, 5) is 39.4. The molecule has 0 unspecified atom stereocenters. The maximum absolute atomic E-state index is 12.2. The van der Waals surface area contributed by atoms with E-state index in [4.69, 9.17) is 4.74 Å². The Hall–Kier alpha value is -3.11. The van der Waals surface area contributed by atoms with Gasteiger partial charge in [-0.1, -0.05) is 22.7 Å². The number of esters is 1. The van der Waals surface area contributed by atoms with Gasteiger partial charge >= 0.3 is 11.0 Å². The molecule has 144 valence electrons. The van der Waals surface area contributed by atoms with Crippen LogP contribution in [0, 0.1) is 10.1 Å². The van der Waals surface area contributed by atoms with Gasteiger partial charge in [-0.3, -0.25) is 14.9 Å². The van der Waals surface area contributed by atoms with Gasteiger partial charge in [0.1, 0.15) is 0 Å². The zero-order chi connectivity index (χ0) is 20.3. The summed E-state index contributed by atoms with van der Waals surface area (Å²) in [6, 6.07) is 8.14. The normalized spacial score (nSPS) is 12.0. The summed E-state index contributed by atoms with van der Waals surface area (Å²) < 4.78 is 7.43. The average Bonchev–Trinajstić information content (AvgIpc) is 3.29. The number of rotatable bonds is 5. The van der Waals surface area contributed by atoms with Gasteiger partial charge in [0.2, 0.25) is 0 Å². The maximum atomic E-state index is 12.2. The first-order chi connectivity index (χ1) is 13.4. The number of amides is 1. The molecule has 10 heteroatoms. The number of hydrogen-bond acceptors (Lipinski definition) is 7. The highest BCUT2D eigenvalue weighted by Crippen LogP contribution is 2.25. The van der Waals surface area contributed by atoms with E-state index in [0.29, 0.717) is 21.8 Å². The first-order valence-corrected chi connectivity index (χ1v) is 9.79. The van der Waals surface area contributed by atoms with Crippen molar-refractivity contribution in [1.29, 1.82) is 0 Å². The molecule has 1 amide bonds. The van der Waals surface area contributed by atoms with Gasteiger partial charge in [0.25, 0.3) is 5.91 Å². The minimum Gasteiger partial charge on any atom is -0.465 e. The van der Waals surface area contributed by atoms with Gasteiger partial charge in [-0.2, -0.15) is 4.99 Å². The summed E-state index contributed by atoms with van der Waals surface area (Å²) >= 11 is 2.28. The van der Waals surface area contributed by atoms with E-state index in [9.17, 15) is 19.7 Å². The second-order valence-corrected chi connectivity index (χ2v) is 7.62. The summed E-state index contributed by atoms with van der Waals surface area (Å²) in [5.41, 5.74) is 1.29. The molecule has 2 heterocycles. The molecule has 0 aliphatic rings. The Labute approximate surface area is 167 Å². The molecule has 0 atom stereocenters. The van der Waals surface area contributed by atoms with Crippen molar-refractivity contribution in [3.8, 4) is 0 Å². The quantitative estimate of drug-likeness (QED) is 0.273. The van der Waals surface area contributed by atoms with Crippen molar-refractivity contribution in [2.75, 3.05) is 7.11 Å². The highest BCUT2D eigenvalue weighted by Gasteiger charge is 2.11. The van der Waals surface area contributed by atoms with Gasteiger partial charge in [0.05, 0.1) is 27.8 Å². The molecule has 2 aromatic heterocycles. The lowest BCUT2D eigenvalue weighted by Gasteiger charge is -2.01. The van der Waals surface area contributed by atoms with E-state index < -0.39 is 16.8 Å². The fourth-order valence-corrected chi connectivity index (χ4v) is 4.39. The minimum absolute atomic E-state index is 0.0128. The number of nitrogens with zero attached hydrogens (tertiary/aromatic N) is 3. The zero-order valence-corrected chi connectivity index (χ0v) is 16.6. The molecule has 0 radical (unpaired) electrons. The molecular formula is C18H15N3O5S2. The molecule has 0 saturated heterocycles. The van der Waals surface area contributed by atoms with E-state index >= 15 is 0 Å². The number of carbonyl (C=O) groups is 2. The van der Waals surface area contributed by atoms with E-state index in [-0.39, 0.29) is 5.00 Å². The summed E-state index contributed by atoms with van der Waals surface area (Å²) in [6.45, 7) is 2.54. The summed E-state index contributed by atoms with van der Waals surface area (Å²) in [5, 5.41) is 10.7. The molecule has 8 nitrogen and oxygen atoms in total. The van der Waals surface area contributed by atoms with E-state index in [2.05, 4.69) is 4.99 Å². The zero-order valence-electron chi connectivity index (χ0n) is 14.9. The van der Waals surface area contributed by atoms with Crippen LogP contribution in [-0.4, -0.2) is 28.5 Å². The largest absolute Gasteiger partial charge is 0.465 e. The highest BCUT2D eigenvalue weighted by atomic mass is 32.1. The lowest BCUT2D eigenvalue weighted by atomic mass is 10.2. The van der Waals surface area contributed by atoms with Gasteiger partial charge in [-0.05, 0) is 37.3 Å². The van der Waals surface area contributed by atoms with Crippen molar-refractivity contribution in [2.24, 2.45) is 4.99 Å². The van der Waals surface area contributed by atoms with Crippen molar-refractivity contribution in [3.63, 3.8) is 0 Å². The van der Waals surface area contributed by atoms with Crippen molar-refractivity contribution in [1.82, 2.24) is 4.57 Å². The van der Waals surface area contributed by atoms with Crippen LogP contribution in [0.3, 0.4) is 0 Å². The predicted molar refractivity (Wildman–Crippen MR) is 107 cm³/mol. The molecule has 1 aromatic carbocycles. The molecular weight excluding hydrogens is 402 g/mol. The summed E-state index contributed by atoms with van der Waals surface area (Å²) in [6.07, 6.45) is 2.78. The molecule has 0 spiro atoms. The molecule has 0 saturated carbocycles. The van der Waals surface area contributed by atoms with Crippen LogP contribution in [0.5, 0.6) is 0 Å². The number of benzene rings is 1. The van der Waals surface area contributed by atoms with Gasteiger partial charge < -0.3 is 9.30 Å². The number of nitro groups is 1. The Morgan fingerprint density at radius 2 is 2.07 bits per heavy atom. The third kappa shape index (κ3) is 4.07. The highest BCUT2D eigenvalue weighted by molar-refractivity contribution is 7.16. The third-order valence-corrected chi connectivity index (χ3v) is 5.85. The Bertz CT molecular complexity index is 1170. The van der Waals surface area contributed by atoms with Crippen LogP contribution in [0.1, 0.15) is 22.2 Å². The van der Waals surface area contributed by atoms with Crippen LogP contribution in [0.25, 0.3) is 16.3 Å². The number of aryl methyl sites for hydroxylation is 1. The second-order valence-electron chi connectivity index (χ2n) is 5.52. The predicted octanol–water partition coefficient (Wildman–Crippen LogP) is 3.62. The lowest BCUT2D eigenvalue weighted by molar-refractivity contribution is -0.380. The van der Waals surface area contributed by atoms with Crippen molar-refractivity contribution >= 4 is 55.8 Å². The fourth-order valence-electron chi connectivity index (χ4n) is 2.52. The molecule has 0 aliphatic heterocycles. The van der Waals surface area contributed by atoms with Crippen molar-refractivity contribution < 1.29 is 19.2 Å². The van der Waals surface area contributed by atoms with E-state index in [1.165, 1.54) is 36.7 Å². The van der Waals surface area contributed by atoms with Crippen LogP contribution in [0.15, 0.2) is 41.4 Å². The van der Waals surface area contributed by atoms with E-state index in [1.54, 1.807) is 24.3 Å². The maximum Gasteiger partial charge on any atom is 0.337 e. The number of methoxy groups -OCH3 is 1. The first kappa shape index (κ1) is 19.6. The number of ether oxygens (including phenoxy) is 1. The van der Waals surface area contributed by atoms with Gasteiger partial charge in [0.15, 0.2) is 4.80 Å². The number of aromatic nitrogens is 1. The van der Waals surface area contributed by atoms with Gasteiger partial charge in [-0.15, -0.1) is 0 Å². The number of thiazole rings is 1. The molecule has 0 bridgehead atoms. The second kappa shape index (κ2) is 8.28. The smallest absolute Gasteiger partial charge is 0.337 e. The minimum atomic E-state index is -0.474. The Kier molecular flexibility index (Phi) is 5.81. The SMILES string of the molecule is CCn1c(=NC(=O)/C=C/c2ccc([N+](=O)[O-])s2)sc2cc(C(=O)OC)ccc21. The average molecular weight is 417 g/mol. The van der Waals surface area contributed by atoms with E-state index in [1.807, 2.05) is 11.5 Å². The summed E-state index contributed by atoms with van der Waals surface area (Å²) in [5.74, 6) is -0.904. The monoisotopic (exact) mass is 417 g/mol. The Morgan fingerprint density at radius 1 is 1.29 bits per heavy atom. The van der Waals surface area contributed by atoms with Crippen LogP contribution >= 0.6 is 22.7 Å². The van der Waals surface area contributed by atoms with Gasteiger partial charge in [-0.25, -0.2) is 4.79 Å². The topological polar surface area (TPSA) is 104 Å². The van der Waals surface area contributed by atoms with Crippen LogP contribution in [0.4, 0.5) is 5.00 Å². The molecule has 3 aromatic rings. The van der Waals surface area contributed by atoms with Crippen molar-refractivity contribution in [2.45, 2.75) is 13.5 Å². The molecule has 0 fully saturated rings. The summed E-state index contributed by atoms with van der Waals surface area (Å²) in [7, 11) is 1.32. The number of fused-ring (bicyclic) bond motifs is 1. The fraction of sp³-hybridized carbons (Fsp3) is 0.167. The Balaban J connectivity index is 1.93. The number of thiophene rings is 1. The lowest BCUT2D eigenvalue weighted by Crippen LogP contribution is -2.15. The number of carbonyl (C=O) groups excluding carboxylic acids is 2. The molecule has 0 aliphatic carbocycles. The third-order valence-electron chi connectivity index (χ3n) is 3.81. The van der Waals surface area contributed by atoms with E-state index in [0.717, 1.165) is 21.6 Å². The molecule has 0 N–H and O–H groups in total. The van der Waals surface area contributed by atoms with Crippen LogP contribution in [0.2, 0.25) is 0 Å². The standard InChI is InChI=1S/C18H15N3O5S2/c1-3-20-13-7-4-11(17(23)26-2)10-14(13)28-18(20)19-15(22)8-5-12-6-9-16(27-12)21(24)25/h4-10H,3H2,1-2H3/b8-5+,19-18?. The number of hydrogen-bond donors (Lipinski definition) is 0. The first-order valence-electron chi connectivity index (χ1n) is 8.15. The van der Waals surface area contributed by atoms with Crippen molar-refractivity contribution in [3.05, 3.63) is 61.8 Å². The van der Waals surface area contributed by atoms with Crippen LogP contribution in [-0.2, 0) is 16.1 Å².